The van der Waals surface area contributed by atoms with E-state index in [-0.39, 0.29) is 5.56 Å². The largest absolute Gasteiger partial charge is 0.478 e. The zero-order valence-electron chi connectivity index (χ0n) is 8.94. The average molecular weight is 218 g/mol. The highest BCUT2D eigenvalue weighted by molar-refractivity contribution is 5.89. The van der Waals surface area contributed by atoms with Crippen molar-refractivity contribution < 1.29 is 9.90 Å². The fourth-order valence-corrected chi connectivity index (χ4v) is 1.76. The summed E-state index contributed by atoms with van der Waals surface area (Å²) >= 11 is 0. The van der Waals surface area contributed by atoms with Crippen LogP contribution in [-0.4, -0.2) is 16.8 Å². The van der Waals surface area contributed by atoms with E-state index in [1.165, 1.54) is 18.6 Å². The number of hydrazone groups is 1. The van der Waals surface area contributed by atoms with Crippen molar-refractivity contribution in [1.82, 2.24) is 0 Å². The highest BCUT2D eigenvalue weighted by Gasteiger charge is 2.08. The number of carboxylic acids is 1. The zero-order chi connectivity index (χ0) is 11.4. The normalized spacial score (nSPS) is 14.9. The molecular weight excluding hydrogens is 204 g/mol. The summed E-state index contributed by atoms with van der Waals surface area (Å²) in [6.45, 7) is 0. The van der Waals surface area contributed by atoms with Crippen LogP contribution < -0.4 is 5.43 Å². The van der Waals surface area contributed by atoms with Gasteiger partial charge in [0.1, 0.15) is 0 Å². The highest BCUT2D eigenvalue weighted by Crippen LogP contribution is 2.16. The molecule has 0 spiro atoms. The van der Waals surface area contributed by atoms with Gasteiger partial charge in [-0.05, 0) is 43.9 Å². The topological polar surface area (TPSA) is 61.7 Å². The summed E-state index contributed by atoms with van der Waals surface area (Å²) in [4.78, 5) is 10.8. The number of hydrogen-bond acceptors (Lipinski definition) is 3. The predicted octanol–water partition coefficient (Wildman–Crippen LogP) is 2.73. The first-order chi connectivity index (χ1) is 7.75. The Balaban J connectivity index is 2.06. The minimum atomic E-state index is -0.919. The summed E-state index contributed by atoms with van der Waals surface area (Å²) in [6.07, 6.45) is 4.50. The van der Waals surface area contributed by atoms with Gasteiger partial charge in [-0.15, -0.1) is 0 Å². The smallest absolute Gasteiger partial charge is 0.335 e. The Labute approximate surface area is 94.0 Å². The van der Waals surface area contributed by atoms with Gasteiger partial charge in [-0.1, -0.05) is 6.07 Å². The van der Waals surface area contributed by atoms with Gasteiger partial charge in [0.2, 0.25) is 0 Å². The third kappa shape index (κ3) is 2.59. The van der Waals surface area contributed by atoms with Gasteiger partial charge in [0.15, 0.2) is 0 Å². The number of carbonyl (C=O) groups is 1. The molecule has 0 aliphatic heterocycles. The maximum Gasteiger partial charge on any atom is 0.335 e. The van der Waals surface area contributed by atoms with Gasteiger partial charge in [-0.2, -0.15) is 5.10 Å². The van der Waals surface area contributed by atoms with Crippen LogP contribution in [0.2, 0.25) is 0 Å². The Morgan fingerprint density at radius 1 is 1.31 bits per heavy atom. The first-order valence-electron chi connectivity index (χ1n) is 5.40. The van der Waals surface area contributed by atoms with Crippen LogP contribution in [0, 0.1) is 0 Å². The lowest BCUT2D eigenvalue weighted by atomic mass is 10.2. The molecule has 0 bridgehead atoms. The van der Waals surface area contributed by atoms with Crippen LogP contribution in [0.15, 0.2) is 29.4 Å². The van der Waals surface area contributed by atoms with Gasteiger partial charge in [-0.25, -0.2) is 4.79 Å². The third-order valence-corrected chi connectivity index (χ3v) is 2.63. The fraction of sp³-hybridized carbons (Fsp3) is 0.333. The van der Waals surface area contributed by atoms with E-state index in [4.69, 9.17) is 5.11 Å². The molecule has 0 radical (unpaired) electrons. The minimum absolute atomic E-state index is 0.275. The van der Waals surface area contributed by atoms with Gasteiger partial charge < -0.3 is 5.11 Å². The van der Waals surface area contributed by atoms with Crippen LogP contribution >= 0.6 is 0 Å². The van der Waals surface area contributed by atoms with E-state index in [1.807, 2.05) is 6.07 Å². The van der Waals surface area contributed by atoms with Crippen molar-refractivity contribution in [3.63, 3.8) is 0 Å². The molecule has 2 rings (SSSR count). The number of benzene rings is 1. The Bertz CT molecular complexity index is 419. The van der Waals surface area contributed by atoms with E-state index in [2.05, 4.69) is 10.5 Å². The van der Waals surface area contributed by atoms with Crippen LogP contribution in [0.3, 0.4) is 0 Å². The van der Waals surface area contributed by atoms with Crippen LogP contribution in [0.5, 0.6) is 0 Å². The van der Waals surface area contributed by atoms with Crippen molar-refractivity contribution in [2.45, 2.75) is 25.7 Å². The number of nitrogens with one attached hydrogen (secondary N) is 1. The van der Waals surface area contributed by atoms with Crippen molar-refractivity contribution in [3.05, 3.63) is 29.8 Å². The number of rotatable bonds is 3. The number of hydrogen-bond donors (Lipinski definition) is 2. The second kappa shape index (κ2) is 4.79. The Morgan fingerprint density at radius 3 is 2.75 bits per heavy atom. The molecule has 4 heteroatoms. The van der Waals surface area contributed by atoms with Gasteiger partial charge in [0, 0.05) is 5.71 Å². The van der Waals surface area contributed by atoms with Crippen molar-refractivity contribution in [2.24, 2.45) is 5.10 Å². The van der Waals surface area contributed by atoms with Crippen molar-refractivity contribution >= 4 is 17.4 Å². The third-order valence-electron chi connectivity index (χ3n) is 2.63. The van der Waals surface area contributed by atoms with Crippen LogP contribution in [0.1, 0.15) is 36.0 Å². The summed E-state index contributed by atoms with van der Waals surface area (Å²) in [5.41, 5.74) is 5.07. The molecular formula is C12H14N2O2. The first kappa shape index (κ1) is 10.7. The van der Waals surface area contributed by atoms with Crippen molar-refractivity contribution in [2.75, 3.05) is 5.43 Å². The SMILES string of the molecule is O=C(O)c1cccc(NN=C2CCCC2)c1. The lowest BCUT2D eigenvalue weighted by molar-refractivity contribution is 0.0697. The Hall–Kier alpha value is -1.84. The van der Waals surface area contributed by atoms with Crippen LogP contribution in [0.25, 0.3) is 0 Å². The summed E-state index contributed by atoms with van der Waals surface area (Å²) in [6, 6.07) is 6.67. The molecule has 0 aromatic heterocycles. The molecule has 0 saturated heterocycles. The number of carboxylic acid groups (broad SMARTS) is 1. The second-order valence-electron chi connectivity index (χ2n) is 3.88. The van der Waals surface area contributed by atoms with E-state index in [9.17, 15) is 4.79 Å². The summed E-state index contributed by atoms with van der Waals surface area (Å²) in [7, 11) is 0. The Morgan fingerprint density at radius 2 is 2.06 bits per heavy atom. The van der Waals surface area contributed by atoms with Crippen molar-refractivity contribution in [1.29, 1.82) is 0 Å². The molecule has 1 fully saturated rings. The van der Waals surface area contributed by atoms with Crippen LogP contribution in [-0.2, 0) is 0 Å². The molecule has 2 N–H and O–H groups in total. The molecule has 1 aromatic carbocycles. The van der Waals surface area contributed by atoms with Crippen molar-refractivity contribution in [3.8, 4) is 0 Å². The maximum absolute atomic E-state index is 10.8. The van der Waals surface area contributed by atoms with Gasteiger partial charge in [-0.3, -0.25) is 5.43 Å². The quantitative estimate of drug-likeness (QED) is 0.767. The number of aromatic carboxylic acids is 1. The van der Waals surface area contributed by atoms with E-state index >= 15 is 0 Å². The molecule has 0 heterocycles. The molecule has 16 heavy (non-hydrogen) atoms. The maximum atomic E-state index is 10.8. The molecule has 1 aromatic rings. The molecule has 1 saturated carbocycles. The number of nitrogens with zero attached hydrogens (tertiary/aromatic N) is 1. The summed E-state index contributed by atoms with van der Waals surface area (Å²) < 4.78 is 0. The molecule has 1 aliphatic carbocycles. The van der Waals surface area contributed by atoms with E-state index < -0.39 is 5.97 Å². The molecule has 0 amide bonds. The minimum Gasteiger partial charge on any atom is -0.478 e. The molecule has 1 aliphatic rings. The standard InChI is InChI=1S/C12H14N2O2/c15-12(16)9-4-3-7-11(8-9)14-13-10-5-1-2-6-10/h3-4,7-8,14H,1-2,5-6H2,(H,15,16). The molecule has 4 nitrogen and oxygen atoms in total. The molecule has 84 valence electrons. The van der Waals surface area contributed by atoms with Gasteiger partial charge >= 0.3 is 5.97 Å². The second-order valence-corrected chi connectivity index (χ2v) is 3.88. The molecule has 0 atom stereocenters. The average Bonchev–Trinajstić information content (AvgIpc) is 2.79. The van der Waals surface area contributed by atoms with E-state index in [0.29, 0.717) is 0 Å². The number of anilines is 1. The fourth-order valence-electron chi connectivity index (χ4n) is 1.76. The Kier molecular flexibility index (Phi) is 3.19. The first-order valence-corrected chi connectivity index (χ1v) is 5.40. The van der Waals surface area contributed by atoms with Crippen LogP contribution in [0.4, 0.5) is 5.69 Å². The zero-order valence-corrected chi connectivity index (χ0v) is 8.94. The highest BCUT2D eigenvalue weighted by atomic mass is 16.4. The predicted molar refractivity (Wildman–Crippen MR) is 62.9 cm³/mol. The molecule has 0 unspecified atom stereocenters. The van der Waals surface area contributed by atoms with E-state index in [1.54, 1.807) is 18.2 Å². The van der Waals surface area contributed by atoms with Gasteiger partial charge in [0.05, 0.1) is 11.3 Å². The van der Waals surface area contributed by atoms with Gasteiger partial charge in [0.25, 0.3) is 0 Å². The van der Waals surface area contributed by atoms with E-state index in [0.717, 1.165) is 18.5 Å². The lowest BCUT2D eigenvalue weighted by Gasteiger charge is -2.02. The lowest BCUT2D eigenvalue weighted by Crippen LogP contribution is -1.99. The monoisotopic (exact) mass is 218 g/mol. The summed E-state index contributed by atoms with van der Waals surface area (Å²) in [5.74, 6) is -0.919. The summed E-state index contributed by atoms with van der Waals surface area (Å²) in [5, 5.41) is 13.1.